The van der Waals surface area contributed by atoms with Crippen LogP contribution in [0.15, 0.2) is 25.2 Å². The van der Waals surface area contributed by atoms with Gasteiger partial charge in [0.1, 0.15) is 5.69 Å². The summed E-state index contributed by atoms with van der Waals surface area (Å²) in [6.07, 6.45) is 5.17. The minimum atomic E-state index is -0.139. The molecule has 0 spiro atoms. The highest BCUT2D eigenvalue weighted by Gasteiger charge is 2.07. The Morgan fingerprint density at radius 1 is 1.71 bits per heavy atom. The molecule has 0 aliphatic heterocycles. The van der Waals surface area contributed by atoms with Crippen LogP contribution in [0.5, 0.6) is 0 Å². The largest absolute Gasteiger partial charge is 0.350 e. The Bertz CT molecular complexity index is 364. The van der Waals surface area contributed by atoms with Gasteiger partial charge in [-0.15, -0.1) is 6.58 Å². The van der Waals surface area contributed by atoms with Crippen molar-refractivity contribution < 1.29 is 4.79 Å². The molecule has 0 saturated carbocycles. The van der Waals surface area contributed by atoms with Crippen molar-refractivity contribution in [1.29, 1.82) is 0 Å². The van der Waals surface area contributed by atoms with Gasteiger partial charge >= 0.3 is 0 Å². The number of nitrogens with two attached hydrogens (primary N) is 1. The molecule has 0 bridgehead atoms. The van der Waals surface area contributed by atoms with Crippen LogP contribution in [0.3, 0.4) is 0 Å². The van der Waals surface area contributed by atoms with Gasteiger partial charge < -0.3 is 15.6 Å². The van der Waals surface area contributed by atoms with Crippen LogP contribution in [-0.2, 0) is 6.54 Å². The van der Waals surface area contributed by atoms with E-state index < -0.39 is 0 Å². The van der Waals surface area contributed by atoms with Crippen molar-refractivity contribution in [3.63, 3.8) is 0 Å². The zero-order valence-electron chi connectivity index (χ0n) is 9.76. The van der Waals surface area contributed by atoms with Crippen molar-refractivity contribution in [2.24, 2.45) is 5.73 Å². The van der Waals surface area contributed by atoms with Gasteiger partial charge in [0.25, 0.3) is 5.91 Å². The molecule has 0 atom stereocenters. The van der Waals surface area contributed by atoms with Gasteiger partial charge in [0, 0.05) is 37.3 Å². The van der Waals surface area contributed by atoms with E-state index in [2.05, 4.69) is 16.9 Å². The average molecular weight is 254 g/mol. The predicted octanol–water partition coefficient (Wildman–Crippen LogP) is 0.491. The van der Waals surface area contributed by atoms with Crippen molar-refractivity contribution in [3.05, 3.63) is 30.9 Å². The lowest BCUT2D eigenvalue weighted by molar-refractivity contribution is 0.0951. The van der Waals surface area contributed by atoms with E-state index in [0.29, 0.717) is 25.3 Å². The summed E-state index contributed by atoms with van der Waals surface area (Å²) in [6.45, 7) is 5.48. The second-order valence-corrected chi connectivity index (χ2v) is 4.55. The van der Waals surface area contributed by atoms with Gasteiger partial charge in [-0.25, -0.2) is 4.98 Å². The summed E-state index contributed by atoms with van der Waals surface area (Å²) in [5.74, 6) is 1.64. The van der Waals surface area contributed by atoms with Gasteiger partial charge in [-0.05, 0) is 0 Å². The van der Waals surface area contributed by atoms with E-state index in [1.165, 1.54) is 0 Å². The Balaban J connectivity index is 2.28. The molecule has 17 heavy (non-hydrogen) atoms. The first-order valence-electron chi connectivity index (χ1n) is 5.46. The van der Waals surface area contributed by atoms with Crippen LogP contribution in [0.25, 0.3) is 0 Å². The van der Waals surface area contributed by atoms with Crippen LogP contribution in [0.1, 0.15) is 10.5 Å². The number of nitrogens with one attached hydrogen (secondary N) is 1. The molecule has 1 aromatic heterocycles. The Morgan fingerprint density at radius 2 is 2.53 bits per heavy atom. The Morgan fingerprint density at radius 3 is 3.24 bits per heavy atom. The molecule has 0 fully saturated rings. The van der Waals surface area contributed by atoms with Crippen molar-refractivity contribution >= 4 is 17.7 Å². The molecule has 1 heterocycles. The lowest BCUT2D eigenvalue weighted by Crippen LogP contribution is -2.26. The number of aromatic nitrogens is 2. The molecule has 3 N–H and O–H groups in total. The first-order chi connectivity index (χ1) is 8.27. The maximum atomic E-state index is 11.6. The fourth-order valence-electron chi connectivity index (χ4n) is 1.24. The molecule has 6 heteroatoms. The van der Waals surface area contributed by atoms with Crippen LogP contribution in [0.4, 0.5) is 0 Å². The number of carbonyl (C=O) groups excluding carboxylic acids is 1. The van der Waals surface area contributed by atoms with Crippen molar-refractivity contribution in [1.82, 2.24) is 14.9 Å². The molecule has 0 saturated heterocycles. The summed E-state index contributed by atoms with van der Waals surface area (Å²) in [6, 6.07) is 0. The molecule has 94 valence electrons. The number of carbonyl (C=O) groups is 1. The zero-order chi connectivity index (χ0) is 12.5. The maximum absolute atomic E-state index is 11.6. The van der Waals surface area contributed by atoms with Crippen LogP contribution in [0.2, 0.25) is 0 Å². The average Bonchev–Trinajstić information content (AvgIpc) is 2.78. The highest BCUT2D eigenvalue weighted by molar-refractivity contribution is 7.99. The SMILES string of the molecule is C=CCSCCNC(=O)c1cn(CCN)cn1. The maximum Gasteiger partial charge on any atom is 0.271 e. The third-order valence-electron chi connectivity index (χ3n) is 2.02. The second-order valence-electron chi connectivity index (χ2n) is 3.40. The zero-order valence-corrected chi connectivity index (χ0v) is 10.6. The first-order valence-corrected chi connectivity index (χ1v) is 6.62. The van der Waals surface area contributed by atoms with E-state index in [1.807, 2.05) is 6.08 Å². The summed E-state index contributed by atoms with van der Waals surface area (Å²) < 4.78 is 1.81. The van der Waals surface area contributed by atoms with Gasteiger partial charge in [0.05, 0.1) is 6.33 Å². The Labute approximate surface area is 105 Å². The fraction of sp³-hybridized carbons (Fsp3) is 0.455. The molecule has 1 rings (SSSR count). The summed E-state index contributed by atoms with van der Waals surface area (Å²) in [5, 5.41) is 2.81. The van der Waals surface area contributed by atoms with E-state index in [9.17, 15) is 4.79 Å². The van der Waals surface area contributed by atoms with Gasteiger partial charge in [0.15, 0.2) is 0 Å². The van der Waals surface area contributed by atoms with E-state index in [1.54, 1.807) is 28.9 Å². The van der Waals surface area contributed by atoms with E-state index in [-0.39, 0.29) is 5.91 Å². The van der Waals surface area contributed by atoms with Gasteiger partial charge in [0.2, 0.25) is 0 Å². The highest BCUT2D eigenvalue weighted by Crippen LogP contribution is 1.99. The molecular weight excluding hydrogens is 236 g/mol. The predicted molar refractivity (Wildman–Crippen MR) is 71.1 cm³/mol. The molecule has 1 amide bonds. The number of nitrogens with zero attached hydrogens (tertiary/aromatic N) is 2. The number of rotatable bonds is 8. The Hall–Kier alpha value is -1.27. The van der Waals surface area contributed by atoms with E-state index >= 15 is 0 Å². The minimum absolute atomic E-state index is 0.139. The monoisotopic (exact) mass is 254 g/mol. The minimum Gasteiger partial charge on any atom is -0.350 e. The molecule has 5 nitrogen and oxygen atoms in total. The lowest BCUT2D eigenvalue weighted by Gasteiger charge is -2.01. The molecular formula is C11H18N4OS. The number of thioether (sulfide) groups is 1. The van der Waals surface area contributed by atoms with Gasteiger partial charge in [-0.1, -0.05) is 6.08 Å². The molecule has 0 unspecified atom stereocenters. The topological polar surface area (TPSA) is 72.9 Å². The number of hydrogen-bond acceptors (Lipinski definition) is 4. The Kier molecular flexibility index (Phi) is 6.42. The van der Waals surface area contributed by atoms with Crippen molar-refractivity contribution in [2.45, 2.75) is 6.54 Å². The molecule has 0 aliphatic carbocycles. The molecule has 1 aromatic rings. The van der Waals surface area contributed by atoms with Crippen LogP contribution in [0, 0.1) is 0 Å². The summed E-state index contributed by atoms with van der Waals surface area (Å²) in [7, 11) is 0. The fourth-order valence-corrected chi connectivity index (χ4v) is 1.82. The third-order valence-corrected chi connectivity index (χ3v) is 2.99. The molecule has 0 aromatic carbocycles. The first kappa shape index (κ1) is 13.8. The molecule has 0 aliphatic rings. The normalized spacial score (nSPS) is 10.2. The summed E-state index contributed by atoms with van der Waals surface area (Å²) in [5.41, 5.74) is 5.85. The van der Waals surface area contributed by atoms with E-state index in [0.717, 1.165) is 11.5 Å². The number of hydrogen-bond donors (Lipinski definition) is 2. The van der Waals surface area contributed by atoms with E-state index in [4.69, 9.17) is 5.73 Å². The van der Waals surface area contributed by atoms with Crippen LogP contribution < -0.4 is 11.1 Å². The van der Waals surface area contributed by atoms with Crippen molar-refractivity contribution in [2.75, 3.05) is 24.6 Å². The highest BCUT2D eigenvalue weighted by atomic mass is 32.2. The summed E-state index contributed by atoms with van der Waals surface area (Å²) in [4.78, 5) is 15.7. The standard InChI is InChI=1S/C11H18N4OS/c1-2-6-17-7-4-13-11(16)10-8-15(5-3-12)9-14-10/h2,8-9H,1,3-7,12H2,(H,13,16). The van der Waals surface area contributed by atoms with Crippen molar-refractivity contribution in [3.8, 4) is 0 Å². The van der Waals surface area contributed by atoms with Gasteiger partial charge in [-0.2, -0.15) is 11.8 Å². The summed E-state index contributed by atoms with van der Waals surface area (Å²) >= 11 is 1.73. The molecule has 0 radical (unpaired) electrons. The number of amides is 1. The smallest absolute Gasteiger partial charge is 0.271 e. The quantitative estimate of drug-likeness (QED) is 0.523. The number of imidazole rings is 1. The van der Waals surface area contributed by atoms with Gasteiger partial charge in [-0.3, -0.25) is 4.79 Å². The second kappa shape index (κ2) is 7.92. The van der Waals surface area contributed by atoms with Crippen LogP contribution in [-0.4, -0.2) is 40.1 Å². The van der Waals surface area contributed by atoms with Crippen LogP contribution >= 0.6 is 11.8 Å². The third kappa shape index (κ3) is 5.06. The lowest BCUT2D eigenvalue weighted by atomic mass is 10.4.